The molecule has 0 aliphatic carbocycles. The maximum atomic E-state index is 6.33. The van der Waals surface area contributed by atoms with E-state index in [1.807, 2.05) is 18.2 Å². The Morgan fingerprint density at radius 3 is 2.86 bits per heavy atom. The van der Waals surface area contributed by atoms with Gasteiger partial charge in [-0.2, -0.15) is 5.10 Å². The summed E-state index contributed by atoms with van der Waals surface area (Å²) in [5, 5.41) is 10.5. The topological polar surface area (TPSA) is 24.8 Å². The van der Waals surface area contributed by atoms with Crippen molar-refractivity contribution in [3.05, 3.63) is 76.8 Å². The van der Waals surface area contributed by atoms with Gasteiger partial charge in [0, 0.05) is 29.0 Å². The number of fused-ring (bicyclic) bond motifs is 4. The van der Waals surface area contributed by atoms with E-state index in [1.54, 1.807) is 0 Å². The normalized spacial score (nSPS) is 20.5. The highest BCUT2D eigenvalue weighted by Crippen LogP contribution is 2.45. The van der Waals surface area contributed by atoms with Crippen LogP contribution in [0, 0.1) is 0 Å². The van der Waals surface area contributed by atoms with E-state index in [2.05, 4.69) is 54.4 Å². The van der Waals surface area contributed by atoms with E-state index < -0.39 is 0 Å². The Bertz CT molecular complexity index is 1060. The first kappa shape index (κ1) is 17.6. The lowest BCUT2D eigenvalue weighted by atomic mass is 9.94. The summed E-state index contributed by atoms with van der Waals surface area (Å²) in [6, 6.07) is 21.1. The zero-order valence-corrected chi connectivity index (χ0v) is 16.7. The smallest absolute Gasteiger partial charge is 0.187 e. The highest BCUT2D eigenvalue weighted by molar-refractivity contribution is 6.30. The standard InChI is InChI=1S/C24H23ClN2O/c1-2-3-11-24-27-22(20-14-17(25)12-13-23(20)28-24)15-21(26-27)19-10-6-8-16-7-4-5-9-18(16)19/h4-10,12-14,22,24H,2-3,11,15H2,1H3. The van der Waals surface area contributed by atoms with Gasteiger partial charge in [-0.25, -0.2) is 0 Å². The first-order chi connectivity index (χ1) is 13.7. The fourth-order valence-corrected chi connectivity index (χ4v) is 4.52. The lowest BCUT2D eigenvalue weighted by Crippen LogP contribution is -2.40. The van der Waals surface area contributed by atoms with Crippen LogP contribution in [0.3, 0.4) is 0 Å². The van der Waals surface area contributed by atoms with E-state index in [9.17, 15) is 0 Å². The van der Waals surface area contributed by atoms with Gasteiger partial charge in [0.15, 0.2) is 6.23 Å². The van der Waals surface area contributed by atoms with Gasteiger partial charge < -0.3 is 4.74 Å². The van der Waals surface area contributed by atoms with Crippen molar-refractivity contribution >= 4 is 28.1 Å². The van der Waals surface area contributed by atoms with E-state index in [0.29, 0.717) is 0 Å². The Hall–Kier alpha value is -2.52. The molecule has 2 aliphatic rings. The van der Waals surface area contributed by atoms with E-state index in [-0.39, 0.29) is 12.3 Å². The molecule has 0 amide bonds. The number of nitrogens with zero attached hydrogens (tertiary/aromatic N) is 2. The minimum atomic E-state index is -0.0221. The van der Waals surface area contributed by atoms with Gasteiger partial charge in [0.2, 0.25) is 0 Å². The largest absolute Gasteiger partial charge is 0.469 e. The second kappa shape index (κ2) is 7.14. The molecule has 3 nitrogen and oxygen atoms in total. The molecule has 3 aromatic carbocycles. The van der Waals surface area contributed by atoms with Crippen molar-refractivity contribution in [2.45, 2.75) is 44.9 Å². The molecule has 28 heavy (non-hydrogen) atoms. The molecule has 0 saturated carbocycles. The van der Waals surface area contributed by atoms with Crippen LogP contribution in [0.1, 0.15) is 49.8 Å². The number of hydrogen-bond donors (Lipinski definition) is 0. The summed E-state index contributed by atoms with van der Waals surface area (Å²) in [5.41, 5.74) is 3.48. The maximum absolute atomic E-state index is 6.33. The number of hydrazone groups is 1. The molecule has 2 aliphatic heterocycles. The second-order valence-corrected chi connectivity index (χ2v) is 8.01. The van der Waals surface area contributed by atoms with Crippen LogP contribution in [0.4, 0.5) is 0 Å². The van der Waals surface area contributed by atoms with Crippen molar-refractivity contribution in [1.29, 1.82) is 0 Å². The third kappa shape index (κ3) is 2.94. The van der Waals surface area contributed by atoms with Crippen molar-refractivity contribution in [3.8, 4) is 5.75 Å². The summed E-state index contributed by atoms with van der Waals surface area (Å²) in [5.74, 6) is 0.945. The van der Waals surface area contributed by atoms with Gasteiger partial charge >= 0.3 is 0 Å². The molecule has 3 aromatic rings. The molecule has 0 fully saturated rings. The summed E-state index contributed by atoms with van der Waals surface area (Å²) in [7, 11) is 0. The third-order valence-corrected chi connectivity index (χ3v) is 5.97. The average Bonchev–Trinajstić information content (AvgIpc) is 3.17. The molecule has 4 heteroatoms. The fraction of sp³-hybridized carbons (Fsp3) is 0.292. The van der Waals surface area contributed by atoms with Crippen LogP contribution in [0.2, 0.25) is 5.02 Å². The maximum Gasteiger partial charge on any atom is 0.187 e. The molecule has 0 N–H and O–H groups in total. The van der Waals surface area contributed by atoms with Crippen LogP contribution >= 0.6 is 11.6 Å². The van der Waals surface area contributed by atoms with E-state index in [4.69, 9.17) is 21.4 Å². The molecular formula is C24H23ClN2O. The summed E-state index contributed by atoms with van der Waals surface area (Å²) >= 11 is 6.31. The number of ether oxygens (including phenoxy) is 1. The molecule has 0 spiro atoms. The van der Waals surface area contributed by atoms with Crippen LogP contribution in [0.25, 0.3) is 10.8 Å². The fourth-order valence-electron chi connectivity index (χ4n) is 4.34. The van der Waals surface area contributed by atoms with Gasteiger partial charge in [-0.3, -0.25) is 5.01 Å². The van der Waals surface area contributed by atoms with Gasteiger partial charge in [0.05, 0.1) is 11.8 Å². The molecule has 2 heterocycles. The molecule has 0 radical (unpaired) electrons. The Kier molecular flexibility index (Phi) is 4.48. The Labute approximate surface area is 170 Å². The monoisotopic (exact) mass is 390 g/mol. The minimum Gasteiger partial charge on any atom is -0.469 e. The van der Waals surface area contributed by atoms with Gasteiger partial charge in [0.25, 0.3) is 0 Å². The van der Waals surface area contributed by atoms with Crippen molar-refractivity contribution in [3.63, 3.8) is 0 Å². The van der Waals surface area contributed by atoms with Crippen LogP contribution < -0.4 is 4.74 Å². The van der Waals surface area contributed by atoms with E-state index in [1.165, 1.54) is 16.3 Å². The number of rotatable bonds is 4. The zero-order chi connectivity index (χ0) is 19.1. The summed E-state index contributed by atoms with van der Waals surface area (Å²) in [6.07, 6.45) is 4.09. The average molecular weight is 391 g/mol. The first-order valence-electron chi connectivity index (χ1n) is 10.0. The van der Waals surface area contributed by atoms with Crippen LogP contribution in [0.15, 0.2) is 65.8 Å². The summed E-state index contributed by atoms with van der Waals surface area (Å²) in [4.78, 5) is 0. The van der Waals surface area contributed by atoms with Gasteiger partial charge in [-0.05, 0) is 35.4 Å². The van der Waals surface area contributed by atoms with E-state index in [0.717, 1.165) is 47.7 Å². The second-order valence-electron chi connectivity index (χ2n) is 7.57. The lowest BCUT2D eigenvalue weighted by Gasteiger charge is -2.38. The minimum absolute atomic E-state index is 0.0221. The van der Waals surface area contributed by atoms with Crippen molar-refractivity contribution in [2.24, 2.45) is 5.10 Å². The van der Waals surface area contributed by atoms with Crippen LogP contribution in [0.5, 0.6) is 5.75 Å². The molecule has 0 saturated heterocycles. The predicted octanol–water partition coefficient (Wildman–Crippen LogP) is 6.55. The molecule has 0 bridgehead atoms. The molecule has 2 unspecified atom stereocenters. The summed E-state index contributed by atoms with van der Waals surface area (Å²) in [6.45, 7) is 2.21. The van der Waals surface area contributed by atoms with Gasteiger partial charge in [-0.15, -0.1) is 0 Å². The Morgan fingerprint density at radius 2 is 1.96 bits per heavy atom. The van der Waals surface area contributed by atoms with Gasteiger partial charge in [0.1, 0.15) is 5.75 Å². The number of benzene rings is 3. The zero-order valence-electron chi connectivity index (χ0n) is 15.9. The number of hydrogen-bond acceptors (Lipinski definition) is 3. The Morgan fingerprint density at radius 1 is 1.11 bits per heavy atom. The van der Waals surface area contributed by atoms with Gasteiger partial charge in [-0.1, -0.05) is 67.4 Å². The van der Waals surface area contributed by atoms with Crippen molar-refractivity contribution < 1.29 is 4.74 Å². The quantitative estimate of drug-likeness (QED) is 0.504. The molecule has 5 rings (SSSR count). The highest BCUT2D eigenvalue weighted by Gasteiger charge is 2.40. The molecule has 0 aromatic heterocycles. The van der Waals surface area contributed by atoms with E-state index >= 15 is 0 Å². The predicted molar refractivity (Wildman–Crippen MR) is 115 cm³/mol. The number of unbranched alkanes of at least 4 members (excludes halogenated alkanes) is 1. The van der Waals surface area contributed by atoms with Crippen LogP contribution in [-0.2, 0) is 0 Å². The van der Waals surface area contributed by atoms with Crippen molar-refractivity contribution in [1.82, 2.24) is 5.01 Å². The molecule has 142 valence electrons. The third-order valence-electron chi connectivity index (χ3n) is 5.74. The highest BCUT2D eigenvalue weighted by atomic mass is 35.5. The Balaban J connectivity index is 1.58. The first-order valence-corrected chi connectivity index (χ1v) is 10.4. The SMILES string of the molecule is CCCCC1Oc2ccc(Cl)cc2C2CC(c3cccc4ccccc34)=NN12. The number of halogens is 1. The van der Waals surface area contributed by atoms with Crippen molar-refractivity contribution in [2.75, 3.05) is 0 Å². The molecule has 2 atom stereocenters. The summed E-state index contributed by atoms with van der Waals surface area (Å²) < 4.78 is 6.33. The lowest BCUT2D eigenvalue weighted by molar-refractivity contribution is -0.0231. The van der Waals surface area contributed by atoms with Crippen LogP contribution in [-0.4, -0.2) is 16.9 Å². The molecular weight excluding hydrogens is 368 g/mol.